The Kier molecular flexibility index (Phi) is 8.03. The summed E-state index contributed by atoms with van der Waals surface area (Å²) in [4.78, 5) is 11.9. The van der Waals surface area contributed by atoms with Gasteiger partial charge in [-0.15, -0.1) is 0 Å². The number of aliphatic hydroxyl groups is 1. The highest BCUT2D eigenvalue weighted by Crippen LogP contribution is 2.34. The maximum absolute atomic E-state index is 13.3. The first kappa shape index (κ1) is 24.8. The Bertz CT molecular complexity index is 902. The van der Waals surface area contributed by atoms with Gasteiger partial charge in [0.2, 0.25) is 0 Å². The van der Waals surface area contributed by atoms with Crippen LogP contribution >= 0.6 is 23.2 Å². The van der Waals surface area contributed by atoms with Gasteiger partial charge in [0.05, 0.1) is 12.0 Å². The molecule has 1 fully saturated rings. The average molecular weight is 493 g/mol. The number of rotatable bonds is 8. The summed E-state index contributed by atoms with van der Waals surface area (Å²) < 4.78 is 51.1. The van der Waals surface area contributed by atoms with Crippen LogP contribution in [-0.2, 0) is 11.3 Å². The maximum atomic E-state index is 13.3. The van der Waals surface area contributed by atoms with E-state index < -0.39 is 41.7 Å². The second-order valence-corrected chi connectivity index (χ2v) is 8.86. The Hall–Kier alpha value is -1.87. The highest BCUT2D eigenvalue weighted by Gasteiger charge is 2.46. The normalized spacial score (nSPS) is 17.1. The van der Waals surface area contributed by atoms with Gasteiger partial charge >= 0.3 is 6.18 Å². The van der Waals surface area contributed by atoms with Gasteiger partial charge in [0, 0.05) is 19.6 Å². The number of alkyl halides is 6. The average Bonchev–Trinajstić information content (AvgIpc) is 2.73. The number of likely N-dealkylation sites (tertiary alicyclic amines) is 1. The molecule has 2 N–H and O–H groups in total. The minimum atomic E-state index is -4.13. The predicted molar refractivity (Wildman–Crippen MR) is 115 cm³/mol. The van der Waals surface area contributed by atoms with Crippen molar-refractivity contribution in [3.63, 3.8) is 0 Å². The first-order valence-corrected chi connectivity index (χ1v) is 10.8. The van der Waals surface area contributed by atoms with Crippen LogP contribution in [-0.4, -0.2) is 52.7 Å². The van der Waals surface area contributed by atoms with Crippen molar-refractivity contribution in [2.45, 2.75) is 29.7 Å². The Morgan fingerprint density at radius 1 is 1.06 bits per heavy atom. The molecule has 10 heteroatoms. The lowest BCUT2D eigenvalue weighted by molar-refractivity contribution is -0.210. The number of amides is 1. The molecule has 2 atom stereocenters. The van der Waals surface area contributed by atoms with Crippen LogP contribution in [0.2, 0.25) is 0 Å². The number of nitrogens with zero attached hydrogens (tertiary/aromatic N) is 1. The van der Waals surface area contributed by atoms with Gasteiger partial charge < -0.3 is 10.4 Å². The number of carbonyl (C=O) groups is 1. The smallest absolute Gasteiger partial charge is 0.386 e. The van der Waals surface area contributed by atoms with Crippen LogP contribution in [0.5, 0.6) is 0 Å². The number of halogens is 6. The fraction of sp³-hybridized carbons (Fsp3) is 0.409. The van der Waals surface area contributed by atoms with Crippen LogP contribution in [0.3, 0.4) is 0 Å². The number of nitrogens with one attached hydrogen (secondary N) is 1. The van der Waals surface area contributed by atoms with Crippen LogP contribution < -0.4 is 5.32 Å². The zero-order valence-corrected chi connectivity index (χ0v) is 18.3. The molecule has 1 heterocycles. The summed E-state index contributed by atoms with van der Waals surface area (Å²) in [7, 11) is 0. The second-order valence-electron chi connectivity index (χ2n) is 7.77. The van der Waals surface area contributed by atoms with Crippen molar-refractivity contribution < 1.29 is 27.5 Å². The van der Waals surface area contributed by atoms with Gasteiger partial charge in [0.25, 0.3) is 5.91 Å². The molecule has 3 rings (SSSR count). The largest absolute Gasteiger partial charge is 0.394 e. The van der Waals surface area contributed by atoms with Gasteiger partial charge in [0.1, 0.15) is 12.8 Å². The Balaban J connectivity index is 1.59. The fourth-order valence-electron chi connectivity index (χ4n) is 3.52. The molecule has 4 nitrogen and oxygen atoms in total. The van der Waals surface area contributed by atoms with Gasteiger partial charge in [-0.2, -0.15) is 13.2 Å². The van der Waals surface area contributed by atoms with Crippen LogP contribution in [0.4, 0.5) is 17.6 Å². The van der Waals surface area contributed by atoms with Crippen LogP contribution in [0, 0.1) is 5.92 Å². The molecule has 0 spiro atoms. The summed E-state index contributed by atoms with van der Waals surface area (Å²) in [5.74, 6) is -2.04. The lowest BCUT2D eigenvalue weighted by Gasteiger charge is -2.40. The fourth-order valence-corrected chi connectivity index (χ4v) is 3.65. The molecule has 0 unspecified atom stereocenters. The van der Waals surface area contributed by atoms with E-state index in [9.17, 15) is 27.5 Å². The molecule has 1 aliphatic heterocycles. The summed E-state index contributed by atoms with van der Waals surface area (Å²) in [5.41, 5.74) is 3.05. The third-order valence-corrected chi connectivity index (χ3v) is 5.84. The van der Waals surface area contributed by atoms with Gasteiger partial charge in [-0.25, -0.2) is 4.39 Å². The second kappa shape index (κ2) is 10.4. The maximum Gasteiger partial charge on any atom is 0.394 e. The summed E-state index contributed by atoms with van der Waals surface area (Å²) in [6.45, 7) is -0.505. The molecule has 0 aliphatic carbocycles. The van der Waals surface area contributed by atoms with E-state index in [0.717, 1.165) is 16.7 Å². The molecular formula is C22H22Cl2F4N2O2. The SMILES string of the molecule is O=C(N[C@H](CF)[C@@H](O)c1ccc(-c2ccc(CN3CC(C(F)(F)F)C3)cc2)cc1)C(Cl)Cl. The summed E-state index contributed by atoms with van der Waals surface area (Å²) in [6.07, 6.45) is -5.42. The first-order valence-electron chi connectivity index (χ1n) is 9.89. The van der Waals surface area contributed by atoms with Crippen LogP contribution in [0.1, 0.15) is 17.2 Å². The van der Waals surface area contributed by atoms with Crippen molar-refractivity contribution in [1.29, 1.82) is 0 Å². The quantitative estimate of drug-likeness (QED) is 0.417. The van der Waals surface area contributed by atoms with E-state index in [1.165, 1.54) is 0 Å². The van der Waals surface area contributed by atoms with Crippen LogP contribution in [0.15, 0.2) is 48.5 Å². The summed E-state index contributed by atoms with van der Waals surface area (Å²) in [5, 5.41) is 12.6. The van der Waals surface area contributed by atoms with E-state index in [0.29, 0.717) is 12.1 Å². The van der Waals surface area contributed by atoms with E-state index in [-0.39, 0.29) is 13.1 Å². The summed E-state index contributed by atoms with van der Waals surface area (Å²) >= 11 is 10.9. The lowest BCUT2D eigenvalue weighted by Crippen LogP contribution is -2.52. The predicted octanol–water partition coefficient (Wildman–Crippen LogP) is 4.64. The number of carbonyl (C=O) groups excluding carboxylic acids is 1. The number of hydrogen-bond acceptors (Lipinski definition) is 3. The van der Waals surface area contributed by atoms with Gasteiger partial charge in [-0.05, 0) is 22.3 Å². The first-order chi connectivity index (χ1) is 15.1. The Labute approximate surface area is 193 Å². The van der Waals surface area contributed by atoms with E-state index in [1.54, 1.807) is 29.2 Å². The number of aliphatic hydroxyl groups excluding tert-OH is 1. The van der Waals surface area contributed by atoms with Crippen molar-refractivity contribution in [2.75, 3.05) is 19.8 Å². The zero-order valence-electron chi connectivity index (χ0n) is 16.8. The third kappa shape index (κ3) is 6.13. The highest BCUT2D eigenvalue weighted by atomic mass is 35.5. The molecule has 0 saturated carbocycles. The Morgan fingerprint density at radius 2 is 1.59 bits per heavy atom. The molecule has 2 aromatic carbocycles. The van der Waals surface area contributed by atoms with Crippen molar-refractivity contribution in [3.8, 4) is 11.1 Å². The zero-order chi connectivity index (χ0) is 23.5. The molecule has 0 bridgehead atoms. The number of benzene rings is 2. The van der Waals surface area contributed by atoms with Crippen molar-refractivity contribution in [3.05, 3.63) is 59.7 Å². The van der Waals surface area contributed by atoms with E-state index >= 15 is 0 Å². The minimum Gasteiger partial charge on any atom is -0.386 e. The van der Waals surface area contributed by atoms with Gasteiger partial charge in [0.15, 0.2) is 4.84 Å². The molecule has 0 radical (unpaired) electrons. The molecule has 0 aromatic heterocycles. The number of hydrogen-bond donors (Lipinski definition) is 2. The Morgan fingerprint density at radius 3 is 2.06 bits per heavy atom. The minimum absolute atomic E-state index is 0.0197. The van der Waals surface area contributed by atoms with Crippen molar-refractivity contribution >= 4 is 29.1 Å². The molecule has 32 heavy (non-hydrogen) atoms. The molecule has 1 saturated heterocycles. The molecule has 1 aliphatic rings. The van der Waals surface area contributed by atoms with Crippen molar-refractivity contribution in [1.82, 2.24) is 10.2 Å². The summed E-state index contributed by atoms with van der Waals surface area (Å²) in [6, 6.07) is 13.0. The highest BCUT2D eigenvalue weighted by molar-refractivity contribution is 6.53. The molecule has 174 valence electrons. The molecule has 1 amide bonds. The standard InChI is InChI=1S/C22H22Cl2F4N2O2/c23-20(24)21(32)29-18(9-25)19(31)16-7-5-15(6-8-16)14-3-1-13(2-4-14)10-30-11-17(12-30)22(26,27)28/h1-8,17-20,31H,9-12H2,(H,29,32)/t18-,19+/m1/s1. The topological polar surface area (TPSA) is 52.6 Å². The monoisotopic (exact) mass is 492 g/mol. The van der Waals surface area contributed by atoms with Gasteiger partial charge in [-0.3, -0.25) is 9.69 Å². The molecular weight excluding hydrogens is 471 g/mol. The molecule has 2 aromatic rings. The van der Waals surface area contributed by atoms with Crippen LogP contribution in [0.25, 0.3) is 11.1 Å². The van der Waals surface area contributed by atoms with E-state index in [2.05, 4.69) is 5.32 Å². The van der Waals surface area contributed by atoms with Crippen molar-refractivity contribution in [2.24, 2.45) is 5.92 Å². The van der Waals surface area contributed by atoms with E-state index in [1.807, 2.05) is 24.3 Å². The van der Waals surface area contributed by atoms with Gasteiger partial charge in [-0.1, -0.05) is 71.7 Å². The van der Waals surface area contributed by atoms with E-state index in [4.69, 9.17) is 23.2 Å². The lowest BCUT2D eigenvalue weighted by atomic mass is 9.97. The third-order valence-electron chi connectivity index (χ3n) is 5.44.